The van der Waals surface area contributed by atoms with E-state index in [1.807, 2.05) is 12.1 Å². The second kappa shape index (κ2) is 5.00. The first kappa shape index (κ1) is 13.3. The van der Waals surface area contributed by atoms with Gasteiger partial charge in [0.1, 0.15) is 11.4 Å². The fourth-order valence-electron chi connectivity index (χ4n) is 3.67. The Hall–Kier alpha value is -1.71. The lowest BCUT2D eigenvalue weighted by molar-refractivity contribution is -0.117. The maximum absolute atomic E-state index is 12.3. The number of amides is 1. The molecule has 108 valence electrons. The van der Waals surface area contributed by atoms with Gasteiger partial charge in [-0.3, -0.25) is 4.79 Å². The molecule has 1 amide bonds. The number of benzene rings is 1. The zero-order valence-electron chi connectivity index (χ0n) is 12.2. The largest absolute Gasteiger partial charge is 0.494 e. The highest BCUT2D eigenvalue weighted by molar-refractivity contribution is 5.99. The zero-order valence-corrected chi connectivity index (χ0v) is 12.2. The van der Waals surface area contributed by atoms with E-state index in [4.69, 9.17) is 4.74 Å². The molecule has 1 aliphatic heterocycles. The van der Waals surface area contributed by atoms with Gasteiger partial charge in [-0.15, -0.1) is 0 Å². The summed E-state index contributed by atoms with van der Waals surface area (Å²) in [6, 6.07) is 5.95. The van der Waals surface area contributed by atoms with E-state index < -0.39 is 0 Å². The van der Waals surface area contributed by atoms with Gasteiger partial charge < -0.3 is 15.0 Å². The van der Waals surface area contributed by atoms with Crippen LogP contribution in [0.4, 0.5) is 11.4 Å². The van der Waals surface area contributed by atoms with Crippen LogP contribution in [0.2, 0.25) is 0 Å². The van der Waals surface area contributed by atoms with Crippen LogP contribution >= 0.6 is 0 Å². The highest BCUT2D eigenvalue weighted by atomic mass is 16.5. The van der Waals surface area contributed by atoms with Crippen LogP contribution in [0.3, 0.4) is 0 Å². The molecule has 0 aromatic heterocycles. The molecule has 0 atom stereocenters. The Bertz CT molecular complexity index is 521. The summed E-state index contributed by atoms with van der Waals surface area (Å²) in [7, 11) is 3.76. The number of hydrogen-bond donors (Lipinski definition) is 1. The molecule has 1 N–H and O–H groups in total. The molecule has 0 unspecified atom stereocenters. The van der Waals surface area contributed by atoms with Crippen LogP contribution in [0.5, 0.6) is 5.75 Å². The van der Waals surface area contributed by atoms with E-state index in [0.29, 0.717) is 6.42 Å². The lowest BCUT2D eigenvalue weighted by atomic mass is 9.78. The summed E-state index contributed by atoms with van der Waals surface area (Å²) >= 11 is 0. The van der Waals surface area contributed by atoms with E-state index in [1.165, 1.54) is 19.3 Å². The van der Waals surface area contributed by atoms with Gasteiger partial charge in [0.2, 0.25) is 5.91 Å². The van der Waals surface area contributed by atoms with Crippen molar-refractivity contribution in [1.29, 1.82) is 0 Å². The van der Waals surface area contributed by atoms with E-state index in [2.05, 4.69) is 23.3 Å². The van der Waals surface area contributed by atoms with Gasteiger partial charge in [-0.05, 0) is 25.0 Å². The number of methoxy groups -OCH3 is 1. The van der Waals surface area contributed by atoms with Crippen molar-refractivity contribution in [3.8, 4) is 5.75 Å². The Labute approximate surface area is 120 Å². The molecule has 1 aromatic rings. The Morgan fingerprint density at radius 1 is 1.25 bits per heavy atom. The molecule has 4 nitrogen and oxygen atoms in total. The summed E-state index contributed by atoms with van der Waals surface area (Å²) < 4.78 is 5.40. The molecule has 3 rings (SSSR count). The molecule has 20 heavy (non-hydrogen) atoms. The van der Waals surface area contributed by atoms with E-state index in [0.717, 1.165) is 30.0 Å². The number of anilines is 2. The predicted octanol–water partition coefficient (Wildman–Crippen LogP) is 3.18. The molecule has 4 heteroatoms. The SMILES string of the molecule is COc1cccc2c1NC(=O)CC1(CCCCC1)N2C. The number of fused-ring (bicyclic) bond motifs is 1. The Morgan fingerprint density at radius 3 is 2.70 bits per heavy atom. The minimum absolute atomic E-state index is 0.0278. The third-order valence-electron chi connectivity index (χ3n) is 4.84. The number of carbonyl (C=O) groups excluding carboxylic acids is 1. The van der Waals surface area contributed by atoms with E-state index in [-0.39, 0.29) is 11.4 Å². The third kappa shape index (κ3) is 2.03. The number of para-hydroxylation sites is 1. The minimum Gasteiger partial charge on any atom is -0.494 e. The van der Waals surface area contributed by atoms with E-state index in [9.17, 15) is 4.79 Å². The first-order valence-corrected chi connectivity index (χ1v) is 7.37. The summed E-state index contributed by atoms with van der Waals surface area (Å²) in [5.41, 5.74) is 1.85. The molecule has 0 bridgehead atoms. The van der Waals surface area contributed by atoms with Crippen molar-refractivity contribution in [2.75, 3.05) is 24.4 Å². The molecule has 1 saturated carbocycles. The van der Waals surface area contributed by atoms with Crippen LogP contribution in [0.15, 0.2) is 18.2 Å². The van der Waals surface area contributed by atoms with Crippen LogP contribution in [-0.4, -0.2) is 25.6 Å². The van der Waals surface area contributed by atoms with Crippen LogP contribution in [-0.2, 0) is 4.79 Å². The predicted molar refractivity (Wildman–Crippen MR) is 80.5 cm³/mol. The van der Waals surface area contributed by atoms with Crippen molar-refractivity contribution in [3.05, 3.63) is 18.2 Å². The molecule has 1 aliphatic carbocycles. The Balaban J connectivity index is 2.09. The first-order valence-electron chi connectivity index (χ1n) is 7.37. The number of hydrogen-bond acceptors (Lipinski definition) is 3. The number of rotatable bonds is 1. The quantitative estimate of drug-likeness (QED) is 0.855. The molecule has 0 saturated heterocycles. The highest BCUT2D eigenvalue weighted by Crippen LogP contribution is 2.45. The second-order valence-electron chi connectivity index (χ2n) is 5.92. The monoisotopic (exact) mass is 274 g/mol. The van der Waals surface area contributed by atoms with Crippen molar-refractivity contribution >= 4 is 17.3 Å². The Kier molecular flexibility index (Phi) is 3.32. The standard InChI is InChI=1S/C16H22N2O2/c1-18-12-7-6-8-13(20-2)15(12)17-14(19)11-16(18)9-4-3-5-10-16/h6-8H,3-5,9-11H2,1-2H3,(H,17,19). The fraction of sp³-hybridized carbons (Fsp3) is 0.562. The maximum atomic E-state index is 12.3. The topological polar surface area (TPSA) is 41.6 Å². The Morgan fingerprint density at radius 2 is 2.00 bits per heavy atom. The van der Waals surface area contributed by atoms with Gasteiger partial charge in [0.15, 0.2) is 0 Å². The van der Waals surface area contributed by atoms with Crippen molar-refractivity contribution in [3.63, 3.8) is 0 Å². The molecule has 1 aromatic carbocycles. The van der Waals surface area contributed by atoms with Crippen LogP contribution in [0, 0.1) is 0 Å². The van der Waals surface area contributed by atoms with Crippen molar-refractivity contribution < 1.29 is 9.53 Å². The third-order valence-corrected chi connectivity index (χ3v) is 4.84. The van der Waals surface area contributed by atoms with Crippen molar-refractivity contribution in [1.82, 2.24) is 0 Å². The summed E-state index contributed by atoms with van der Waals surface area (Å²) in [5, 5.41) is 3.04. The molecule has 1 spiro atoms. The van der Waals surface area contributed by atoms with Gasteiger partial charge in [0.25, 0.3) is 0 Å². The van der Waals surface area contributed by atoms with Gasteiger partial charge in [0.05, 0.1) is 19.2 Å². The number of ether oxygens (including phenoxy) is 1. The molecule has 1 fully saturated rings. The van der Waals surface area contributed by atoms with E-state index >= 15 is 0 Å². The second-order valence-corrected chi connectivity index (χ2v) is 5.92. The molecular weight excluding hydrogens is 252 g/mol. The lowest BCUT2D eigenvalue weighted by Crippen LogP contribution is -2.49. The molecule has 0 radical (unpaired) electrons. The number of nitrogens with one attached hydrogen (secondary N) is 1. The number of nitrogens with zero attached hydrogens (tertiary/aromatic N) is 1. The van der Waals surface area contributed by atoms with E-state index in [1.54, 1.807) is 7.11 Å². The van der Waals surface area contributed by atoms with Gasteiger partial charge >= 0.3 is 0 Å². The summed E-state index contributed by atoms with van der Waals surface area (Å²) in [5.74, 6) is 0.831. The van der Waals surface area contributed by atoms with Gasteiger partial charge in [-0.2, -0.15) is 0 Å². The average molecular weight is 274 g/mol. The summed E-state index contributed by atoms with van der Waals surface area (Å²) in [6.45, 7) is 0. The van der Waals surface area contributed by atoms with Gasteiger partial charge in [-0.25, -0.2) is 0 Å². The molecular formula is C16H22N2O2. The lowest BCUT2D eigenvalue weighted by Gasteiger charge is -2.44. The highest BCUT2D eigenvalue weighted by Gasteiger charge is 2.41. The minimum atomic E-state index is -0.0278. The fourth-order valence-corrected chi connectivity index (χ4v) is 3.67. The smallest absolute Gasteiger partial charge is 0.226 e. The van der Waals surface area contributed by atoms with Crippen LogP contribution in [0.1, 0.15) is 38.5 Å². The maximum Gasteiger partial charge on any atom is 0.226 e. The summed E-state index contributed by atoms with van der Waals surface area (Å²) in [6.07, 6.45) is 6.44. The average Bonchev–Trinajstić information content (AvgIpc) is 2.56. The van der Waals surface area contributed by atoms with Crippen LogP contribution in [0.25, 0.3) is 0 Å². The van der Waals surface area contributed by atoms with Crippen molar-refractivity contribution in [2.45, 2.75) is 44.1 Å². The molecule has 1 heterocycles. The first-order chi connectivity index (χ1) is 9.66. The summed E-state index contributed by atoms with van der Waals surface area (Å²) in [4.78, 5) is 14.6. The zero-order chi connectivity index (χ0) is 14.2. The van der Waals surface area contributed by atoms with Gasteiger partial charge in [0, 0.05) is 12.6 Å². The normalized spacial score (nSPS) is 21.1. The van der Waals surface area contributed by atoms with Gasteiger partial charge in [-0.1, -0.05) is 25.3 Å². The molecule has 2 aliphatic rings. The van der Waals surface area contributed by atoms with Crippen LogP contribution < -0.4 is 15.0 Å². The number of carbonyl (C=O) groups is 1. The van der Waals surface area contributed by atoms with Crippen molar-refractivity contribution in [2.24, 2.45) is 0 Å².